The highest BCUT2D eigenvalue weighted by atomic mass is 16.4. The molecule has 0 spiro atoms. The summed E-state index contributed by atoms with van der Waals surface area (Å²) in [6.07, 6.45) is 2.11. The Hall–Kier alpha value is -2.35. The van der Waals surface area contributed by atoms with Crippen LogP contribution in [-0.4, -0.2) is 34.5 Å². The highest BCUT2D eigenvalue weighted by molar-refractivity contribution is 6.04. The first-order chi connectivity index (χ1) is 9.15. The third-order valence-electron chi connectivity index (χ3n) is 3.10. The smallest absolute Gasteiger partial charge is 0.336 e. The largest absolute Gasteiger partial charge is 0.478 e. The Morgan fingerprint density at radius 2 is 1.95 bits per heavy atom. The Labute approximate surface area is 111 Å². The molecule has 0 unspecified atom stereocenters. The zero-order valence-electron chi connectivity index (χ0n) is 10.4. The second kappa shape index (κ2) is 5.53. The maximum atomic E-state index is 12.4. The Balaban J connectivity index is 2.26. The molecular weight excluding hydrogens is 244 g/mol. The van der Waals surface area contributed by atoms with Gasteiger partial charge in [0.25, 0.3) is 5.91 Å². The van der Waals surface area contributed by atoms with Crippen molar-refractivity contribution in [1.29, 1.82) is 5.26 Å². The molecule has 19 heavy (non-hydrogen) atoms. The van der Waals surface area contributed by atoms with Gasteiger partial charge in [-0.05, 0) is 25.0 Å². The van der Waals surface area contributed by atoms with Crippen LogP contribution in [0.3, 0.4) is 0 Å². The van der Waals surface area contributed by atoms with Gasteiger partial charge in [-0.1, -0.05) is 12.1 Å². The van der Waals surface area contributed by atoms with E-state index in [1.54, 1.807) is 17.0 Å². The Morgan fingerprint density at radius 1 is 1.32 bits per heavy atom. The third-order valence-corrected chi connectivity index (χ3v) is 3.10. The van der Waals surface area contributed by atoms with Gasteiger partial charge in [0.2, 0.25) is 0 Å². The second-order valence-corrected chi connectivity index (χ2v) is 4.49. The molecule has 1 N–H and O–H groups in total. The lowest BCUT2D eigenvalue weighted by Gasteiger charge is -2.22. The monoisotopic (exact) mass is 258 g/mol. The minimum atomic E-state index is -1.11. The predicted molar refractivity (Wildman–Crippen MR) is 67.7 cm³/mol. The van der Waals surface area contributed by atoms with Crippen LogP contribution in [0.15, 0.2) is 24.3 Å². The van der Waals surface area contributed by atoms with Crippen LogP contribution in [0.4, 0.5) is 0 Å². The molecule has 1 aliphatic carbocycles. The number of benzene rings is 1. The van der Waals surface area contributed by atoms with E-state index in [9.17, 15) is 9.59 Å². The van der Waals surface area contributed by atoms with Crippen molar-refractivity contribution in [3.8, 4) is 6.07 Å². The van der Waals surface area contributed by atoms with Gasteiger partial charge < -0.3 is 10.0 Å². The van der Waals surface area contributed by atoms with E-state index in [-0.39, 0.29) is 29.5 Å². The van der Waals surface area contributed by atoms with Gasteiger partial charge in [0.05, 0.1) is 23.6 Å². The SMILES string of the molecule is N#CCCN(C(=O)c1ccccc1C(=O)O)C1CC1. The lowest BCUT2D eigenvalue weighted by molar-refractivity contribution is 0.0672. The average Bonchev–Trinajstić information content (AvgIpc) is 3.23. The van der Waals surface area contributed by atoms with Crippen LogP contribution in [0, 0.1) is 11.3 Å². The molecule has 5 heteroatoms. The predicted octanol–water partition coefficient (Wildman–Crippen LogP) is 1.90. The average molecular weight is 258 g/mol. The van der Waals surface area contributed by atoms with Gasteiger partial charge in [-0.15, -0.1) is 0 Å². The normalized spacial score (nSPS) is 13.6. The van der Waals surface area contributed by atoms with Crippen LogP contribution in [0.1, 0.15) is 40.0 Å². The molecule has 98 valence electrons. The van der Waals surface area contributed by atoms with Crippen LogP contribution in [0.25, 0.3) is 0 Å². The van der Waals surface area contributed by atoms with E-state index >= 15 is 0 Å². The number of rotatable bonds is 5. The number of nitrogens with zero attached hydrogens (tertiary/aromatic N) is 2. The van der Waals surface area contributed by atoms with Gasteiger partial charge in [-0.3, -0.25) is 4.79 Å². The fourth-order valence-corrected chi connectivity index (χ4v) is 2.02. The number of hydrogen-bond acceptors (Lipinski definition) is 3. The van der Waals surface area contributed by atoms with Crippen LogP contribution in [-0.2, 0) is 0 Å². The van der Waals surface area contributed by atoms with Gasteiger partial charge in [-0.2, -0.15) is 5.26 Å². The minimum Gasteiger partial charge on any atom is -0.478 e. The molecule has 0 saturated heterocycles. The van der Waals surface area contributed by atoms with Gasteiger partial charge in [0.15, 0.2) is 0 Å². The number of carbonyl (C=O) groups excluding carboxylic acids is 1. The summed E-state index contributed by atoms with van der Waals surface area (Å²) in [4.78, 5) is 25.2. The summed E-state index contributed by atoms with van der Waals surface area (Å²) in [5.41, 5.74) is 0.204. The molecule has 2 rings (SSSR count). The first-order valence-corrected chi connectivity index (χ1v) is 6.15. The molecule has 1 saturated carbocycles. The van der Waals surface area contributed by atoms with Gasteiger partial charge >= 0.3 is 5.97 Å². The van der Waals surface area contributed by atoms with Crippen LogP contribution in [0.2, 0.25) is 0 Å². The van der Waals surface area contributed by atoms with Crippen molar-refractivity contribution in [2.45, 2.75) is 25.3 Å². The molecule has 1 fully saturated rings. The summed E-state index contributed by atoms with van der Waals surface area (Å²) >= 11 is 0. The molecule has 1 aliphatic rings. The van der Waals surface area contributed by atoms with E-state index in [0.717, 1.165) is 12.8 Å². The molecule has 0 bridgehead atoms. The van der Waals surface area contributed by atoms with Crippen molar-refractivity contribution in [2.75, 3.05) is 6.54 Å². The lowest BCUT2D eigenvalue weighted by Crippen LogP contribution is -2.34. The molecule has 0 atom stereocenters. The van der Waals surface area contributed by atoms with Gasteiger partial charge in [0, 0.05) is 12.6 Å². The number of carboxylic acid groups (broad SMARTS) is 1. The molecule has 1 amide bonds. The number of carbonyl (C=O) groups is 2. The van der Waals surface area contributed by atoms with E-state index in [2.05, 4.69) is 0 Å². The van der Waals surface area contributed by atoms with Crippen molar-refractivity contribution in [1.82, 2.24) is 4.90 Å². The van der Waals surface area contributed by atoms with E-state index in [1.165, 1.54) is 12.1 Å². The summed E-state index contributed by atoms with van der Waals surface area (Å²) < 4.78 is 0. The molecule has 0 heterocycles. The summed E-state index contributed by atoms with van der Waals surface area (Å²) in [6.45, 7) is 0.355. The summed E-state index contributed by atoms with van der Waals surface area (Å²) in [7, 11) is 0. The Bertz CT molecular complexity index is 544. The van der Waals surface area contributed by atoms with E-state index in [4.69, 9.17) is 10.4 Å². The second-order valence-electron chi connectivity index (χ2n) is 4.49. The summed E-state index contributed by atoms with van der Waals surface area (Å²) in [6, 6.07) is 8.35. The molecule has 5 nitrogen and oxygen atoms in total. The first kappa shape index (κ1) is 13.1. The Morgan fingerprint density at radius 3 is 2.47 bits per heavy atom. The van der Waals surface area contributed by atoms with Crippen molar-refractivity contribution in [3.63, 3.8) is 0 Å². The van der Waals surface area contributed by atoms with E-state index < -0.39 is 5.97 Å². The first-order valence-electron chi connectivity index (χ1n) is 6.15. The maximum Gasteiger partial charge on any atom is 0.336 e. The molecule has 0 aromatic heterocycles. The van der Waals surface area contributed by atoms with Crippen molar-refractivity contribution >= 4 is 11.9 Å². The van der Waals surface area contributed by atoms with Crippen molar-refractivity contribution in [2.24, 2.45) is 0 Å². The fraction of sp³-hybridized carbons (Fsp3) is 0.357. The number of nitriles is 1. The minimum absolute atomic E-state index is 0.00936. The molecule has 0 aliphatic heterocycles. The zero-order valence-corrected chi connectivity index (χ0v) is 10.4. The maximum absolute atomic E-state index is 12.4. The molecule has 1 aromatic rings. The number of carboxylic acids is 1. The van der Waals surface area contributed by atoms with Crippen LogP contribution in [0.5, 0.6) is 0 Å². The summed E-state index contributed by atoms with van der Waals surface area (Å²) in [5, 5.41) is 17.7. The van der Waals surface area contributed by atoms with Gasteiger partial charge in [-0.25, -0.2) is 4.79 Å². The summed E-state index contributed by atoms with van der Waals surface area (Å²) in [5.74, 6) is -1.41. The standard InChI is InChI=1S/C14H14N2O3/c15-8-3-9-16(10-6-7-10)13(17)11-4-1-2-5-12(11)14(18)19/h1-2,4-5,10H,3,6-7,9H2,(H,18,19). The van der Waals surface area contributed by atoms with Crippen molar-refractivity contribution < 1.29 is 14.7 Å². The quantitative estimate of drug-likeness (QED) is 0.874. The molecular formula is C14H14N2O3. The highest BCUT2D eigenvalue weighted by Gasteiger charge is 2.33. The van der Waals surface area contributed by atoms with E-state index in [0.29, 0.717) is 6.54 Å². The fourth-order valence-electron chi connectivity index (χ4n) is 2.02. The number of amides is 1. The van der Waals surface area contributed by atoms with Gasteiger partial charge in [0.1, 0.15) is 0 Å². The molecule has 0 radical (unpaired) electrons. The van der Waals surface area contributed by atoms with Crippen molar-refractivity contribution in [3.05, 3.63) is 35.4 Å². The van der Waals surface area contributed by atoms with Crippen LogP contribution < -0.4 is 0 Å². The number of hydrogen-bond donors (Lipinski definition) is 1. The lowest BCUT2D eigenvalue weighted by atomic mass is 10.1. The topological polar surface area (TPSA) is 81.4 Å². The number of aromatic carboxylic acids is 1. The third kappa shape index (κ3) is 2.91. The zero-order chi connectivity index (χ0) is 13.8. The van der Waals surface area contributed by atoms with Crippen LogP contribution >= 0.6 is 0 Å². The van der Waals surface area contributed by atoms with E-state index in [1.807, 2.05) is 6.07 Å². The highest BCUT2D eigenvalue weighted by Crippen LogP contribution is 2.29. The molecule has 1 aromatic carbocycles. The Kier molecular flexibility index (Phi) is 3.81.